The maximum atomic E-state index is 11.9. The Kier molecular flexibility index (Phi) is 10.4. The molecule has 0 fully saturated rings. The lowest BCUT2D eigenvalue weighted by atomic mass is 9.98. The van der Waals surface area contributed by atoms with Gasteiger partial charge >= 0.3 is 0 Å². The Balaban J connectivity index is 4.04. The standard InChI is InChI=1S/C18H39N5O/c1-14(2)15(20)7-8-16(24)21-13-18(5,6)22-11-9-17(3,4)23-12-10-19/h14,20,22-23H,7-13,19H2,1-6H3,(H,21,24). The summed E-state index contributed by atoms with van der Waals surface area (Å²) in [4.78, 5) is 11.9. The Bertz CT molecular complexity index is 391. The molecule has 0 atom stereocenters. The van der Waals surface area contributed by atoms with Gasteiger partial charge in [-0.15, -0.1) is 0 Å². The van der Waals surface area contributed by atoms with E-state index in [2.05, 4.69) is 43.6 Å². The van der Waals surface area contributed by atoms with Crippen molar-refractivity contribution in [1.29, 1.82) is 5.41 Å². The van der Waals surface area contributed by atoms with Gasteiger partial charge in [0.15, 0.2) is 0 Å². The predicted octanol–water partition coefficient (Wildman–Crippen LogP) is 1.64. The number of amides is 1. The third-order valence-electron chi connectivity index (χ3n) is 4.15. The maximum absolute atomic E-state index is 11.9. The van der Waals surface area contributed by atoms with Crippen LogP contribution in [0.2, 0.25) is 0 Å². The van der Waals surface area contributed by atoms with Crippen molar-refractivity contribution in [3.05, 3.63) is 0 Å². The zero-order valence-corrected chi connectivity index (χ0v) is 16.5. The van der Waals surface area contributed by atoms with Crippen molar-refractivity contribution in [1.82, 2.24) is 16.0 Å². The molecule has 0 saturated heterocycles. The first-order valence-electron chi connectivity index (χ1n) is 9.03. The molecule has 1 amide bonds. The molecule has 0 aliphatic carbocycles. The van der Waals surface area contributed by atoms with Gasteiger partial charge < -0.3 is 27.1 Å². The van der Waals surface area contributed by atoms with E-state index in [1.54, 1.807) is 0 Å². The number of carbonyl (C=O) groups is 1. The van der Waals surface area contributed by atoms with E-state index in [0.29, 0.717) is 31.6 Å². The first-order valence-corrected chi connectivity index (χ1v) is 9.03. The van der Waals surface area contributed by atoms with Crippen LogP contribution in [0.25, 0.3) is 0 Å². The lowest BCUT2D eigenvalue weighted by molar-refractivity contribution is -0.121. The van der Waals surface area contributed by atoms with Gasteiger partial charge in [-0.1, -0.05) is 13.8 Å². The second kappa shape index (κ2) is 10.8. The summed E-state index contributed by atoms with van der Waals surface area (Å²) in [5.41, 5.74) is 6.05. The first kappa shape index (κ1) is 23.0. The molecular formula is C18H39N5O. The summed E-state index contributed by atoms with van der Waals surface area (Å²) in [6, 6.07) is 0. The van der Waals surface area contributed by atoms with Crippen LogP contribution in [0, 0.1) is 11.3 Å². The minimum atomic E-state index is -0.162. The summed E-state index contributed by atoms with van der Waals surface area (Å²) in [6.07, 6.45) is 1.91. The molecule has 0 aromatic heterocycles. The van der Waals surface area contributed by atoms with Crippen molar-refractivity contribution in [2.24, 2.45) is 11.7 Å². The fraction of sp³-hybridized carbons (Fsp3) is 0.889. The molecule has 0 aliphatic heterocycles. The van der Waals surface area contributed by atoms with Crippen LogP contribution < -0.4 is 21.7 Å². The highest BCUT2D eigenvalue weighted by Crippen LogP contribution is 2.09. The lowest BCUT2D eigenvalue weighted by Gasteiger charge is -2.31. The zero-order chi connectivity index (χ0) is 18.8. The third kappa shape index (κ3) is 11.5. The summed E-state index contributed by atoms with van der Waals surface area (Å²) in [5, 5.41) is 17.7. The quantitative estimate of drug-likeness (QED) is 0.329. The topological polar surface area (TPSA) is 103 Å². The van der Waals surface area contributed by atoms with E-state index in [-0.39, 0.29) is 22.9 Å². The Hall–Kier alpha value is -0.980. The monoisotopic (exact) mass is 341 g/mol. The van der Waals surface area contributed by atoms with Crippen molar-refractivity contribution in [2.75, 3.05) is 26.2 Å². The SMILES string of the molecule is CC(C)C(=N)CCC(=O)NCC(C)(C)NCCC(C)(C)NCCN. The summed E-state index contributed by atoms with van der Waals surface area (Å²) in [7, 11) is 0. The van der Waals surface area contributed by atoms with Crippen molar-refractivity contribution in [2.45, 2.75) is 71.9 Å². The van der Waals surface area contributed by atoms with Gasteiger partial charge in [-0.05, 0) is 53.0 Å². The van der Waals surface area contributed by atoms with Crippen molar-refractivity contribution in [3.63, 3.8) is 0 Å². The van der Waals surface area contributed by atoms with E-state index in [9.17, 15) is 4.79 Å². The molecule has 0 aromatic rings. The number of hydrogen-bond donors (Lipinski definition) is 5. The van der Waals surface area contributed by atoms with Crippen molar-refractivity contribution in [3.8, 4) is 0 Å². The number of nitrogens with two attached hydrogens (primary N) is 1. The molecule has 0 unspecified atom stereocenters. The number of carbonyl (C=O) groups excluding carboxylic acids is 1. The number of nitrogens with one attached hydrogen (secondary N) is 4. The summed E-state index contributed by atoms with van der Waals surface area (Å²) < 4.78 is 0. The van der Waals surface area contributed by atoms with Crippen LogP contribution in [0.3, 0.4) is 0 Å². The van der Waals surface area contributed by atoms with Gasteiger partial charge in [-0.2, -0.15) is 0 Å². The van der Waals surface area contributed by atoms with Crippen LogP contribution in [0.1, 0.15) is 60.8 Å². The maximum Gasteiger partial charge on any atom is 0.220 e. The van der Waals surface area contributed by atoms with Crippen LogP contribution in [0.4, 0.5) is 0 Å². The summed E-state index contributed by atoms with van der Waals surface area (Å²) in [6.45, 7) is 15.4. The molecule has 0 spiro atoms. The Morgan fingerprint density at radius 2 is 1.62 bits per heavy atom. The molecule has 6 N–H and O–H groups in total. The molecule has 0 radical (unpaired) electrons. The molecule has 0 aromatic carbocycles. The van der Waals surface area contributed by atoms with E-state index < -0.39 is 0 Å². The van der Waals surface area contributed by atoms with Gasteiger partial charge in [-0.25, -0.2) is 0 Å². The fourth-order valence-corrected chi connectivity index (χ4v) is 2.22. The van der Waals surface area contributed by atoms with Gasteiger partial charge in [0, 0.05) is 42.8 Å². The number of rotatable bonds is 13. The molecule has 6 nitrogen and oxygen atoms in total. The fourth-order valence-electron chi connectivity index (χ4n) is 2.22. The zero-order valence-electron chi connectivity index (χ0n) is 16.5. The average Bonchev–Trinajstić information content (AvgIpc) is 2.48. The van der Waals surface area contributed by atoms with Gasteiger partial charge in [0.1, 0.15) is 0 Å². The summed E-state index contributed by atoms with van der Waals surface area (Å²) in [5.74, 6) is 0.229. The molecule has 0 aliphatic rings. The smallest absolute Gasteiger partial charge is 0.220 e. The van der Waals surface area contributed by atoms with Crippen LogP contribution in [-0.2, 0) is 4.79 Å². The van der Waals surface area contributed by atoms with Gasteiger partial charge in [0.2, 0.25) is 5.91 Å². The second-order valence-electron chi connectivity index (χ2n) is 8.12. The molecule has 6 heteroatoms. The molecule has 0 saturated carbocycles. The molecular weight excluding hydrogens is 302 g/mol. The van der Waals surface area contributed by atoms with E-state index in [0.717, 1.165) is 19.5 Å². The van der Waals surface area contributed by atoms with Gasteiger partial charge in [0.05, 0.1) is 0 Å². The molecule has 0 rings (SSSR count). The van der Waals surface area contributed by atoms with Crippen LogP contribution >= 0.6 is 0 Å². The molecule has 24 heavy (non-hydrogen) atoms. The third-order valence-corrected chi connectivity index (χ3v) is 4.15. The Labute approximate surface area is 148 Å². The van der Waals surface area contributed by atoms with Crippen LogP contribution in [0.15, 0.2) is 0 Å². The molecule has 142 valence electrons. The first-order chi connectivity index (χ1) is 11.0. The number of hydrogen-bond acceptors (Lipinski definition) is 5. The minimum absolute atomic E-state index is 0.0141. The van der Waals surface area contributed by atoms with Crippen molar-refractivity contribution < 1.29 is 4.79 Å². The van der Waals surface area contributed by atoms with Gasteiger partial charge in [0.25, 0.3) is 0 Å². The lowest BCUT2D eigenvalue weighted by Crippen LogP contribution is -2.51. The minimum Gasteiger partial charge on any atom is -0.354 e. The summed E-state index contributed by atoms with van der Waals surface area (Å²) >= 11 is 0. The van der Waals surface area contributed by atoms with E-state index >= 15 is 0 Å². The largest absolute Gasteiger partial charge is 0.354 e. The average molecular weight is 342 g/mol. The second-order valence-corrected chi connectivity index (χ2v) is 8.12. The van der Waals surface area contributed by atoms with Gasteiger partial charge in [-0.3, -0.25) is 4.79 Å². The van der Waals surface area contributed by atoms with E-state index in [1.807, 2.05) is 13.8 Å². The Morgan fingerprint density at radius 3 is 2.17 bits per heavy atom. The molecule has 0 bridgehead atoms. The van der Waals surface area contributed by atoms with E-state index in [1.165, 1.54) is 0 Å². The normalized spacial score (nSPS) is 12.5. The predicted molar refractivity (Wildman–Crippen MR) is 103 cm³/mol. The molecule has 0 heterocycles. The van der Waals surface area contributed by atoms with E-state index in [4.69, 9.17) is 11.1 Å². The van der Waals surface area contributed by atoms with Crippen LogP contribution in [0.5, 0.6) is 0 Å². The highest BCUT2D eigenvalue weighted by Gasteiger charge is 2.21. The van der Waals surface area contributed by atoms with Crippen LogP contribution in [-0.4, -0.2) is 48.9 Å². The Morgan fingerprint density at radius 1 is 1.04 bits per heavy atom. The highest BCUT2D eigenvalue weighted by molar-refractivity contribution is 5.87. The van der Waals surface area contributed by atoms with Crippen molar-refractivity contribution >= 4 is 11.6 Å². The highest BCUT2D eigenvalue weighted by atomic mass is 16.1.